The highest BCUT2D eigenvalue weighted by atomic mass is 32.1. The van der Waals surface area contributed by atoms with Crippen molar-refractivity contribution in [3.8, 4) is 17.1 Å². The van der Waals surface area contributed by atoms with Crippen molar-refractivity contribution in [3.05, 3.63) is 71.2 Å². The number of nitrogens with one attached hydrogen (secondary N) is 1. The number of thiocarbonyl (C=S) groups is 1. The second kappa shape index (κ2) is 10.2. The molecular formula is C27H30N4O3S. The zero-order valence-corrected chi connectivity index (χ0v) is 21.1. The molecule has 0 aliphatic carbocycles. The van der Waals surface area contributed by atoms with Crippen LogP contribution in [0.1, 0.15) is 49.7 Å². The summed E-state index contributed by atoms with van der Waals surface area (Å²) in [5.74, 6) is 1.84. The van der Waals surface area contributed by atoms with Crippen molar-refractivity contribution in [1.82, 2.24) is 20.4 Å². The van der Waals surface area contributed by atoms with Gasteiger partial charge >= 0.3 is 0 Å². The van der Waals surface area contributed by atoms with E-state index in [9.17, 15) is 0 Å². The Kier molecular flexibility index (Phi) is 6.83. The molecule has 0 spiro atoms. The molecule has 2 aliphatic rings. The highest BCUT2D eigenvalue weighted by Crippen LogP contribution is 2.38. The number of aromatic nitrogens is 2. The van der Waals surface area contributed by atoms with E-state index < -0.39 is 0 Å². The van der Waals surface area contributed by atoms with E-state index in [1.165, 1.54) is 5.56 Å². The van der Waals surface area contributed by atoms with Gasteiger partial charge in [-0.25, -0.2) is 0 Å². The van der Waals surface area contributed by atoms with Crippen LogP contribution in [0.5, 0.6) is 5.75 Å². The molecule has 2 atom stereocenters. The Morgan fingerprint density at radius 3 is 2.57 bits per heavy atom. The minimum absolute atomic E-state index is 0.152. The van der Waals surface area contributed by atoms with Crippen molar-refractivity contribution in [1.29, 1.82) is 0 Å². The Morgan fingerprint density at radius 1 is 1.14 bits per heavy atom. The van der Waals surface area contributed by atoms with Crippen LogP contribution in [0.4, 0.5) is 0 Å². The summed E-state index contributed by atoms with van der Waals surface area (Å²) in [6.07, 6.45) is 3.24. The minimum atomic E-state index is -0.232. The van der Waals surface area contributed by atoms with E-state index in [0.29, 0.717) is 23.4 Å². The zero-order chi connectivity index (χ0) is 24.4. The van der Waals surface area contributed by atoms with E-state index in [1.54, 1.807) is 7.11 Å². The molecule has 0 bridgehead atoms. The molecular weight excluding hydrogens is 460 g/mol. The van der Waals surface area contributed by atoms with Crippen LogP contribution in [-0.2, 0) is 11.2 Å². The van der Waals surface area contributed by atoms with E-state index >= 15 is 0 Å². The average Bonchev–Trinajstić information content (AvgIpc) is 3.59. The Balaban J connectivity index is 1.54. The van der Waals surface area contributed by atoms with Crippen LogP contribution in [0, 0.1) is 0 Å². The molecule has 35 heavy (non-hydrogen) atoms. The van der Waals surface area contributed by atoms with Gasteiger partial charge < -0.3 is 24.2 Å². The van der Waals surface area contributed by atoms with Crippen molar-refractivity contribution in [2.24, 2.45) is 0 Å². The molecule has 1 fully saturated rings. The van der Waals surface area contributed by atoms with Gasteiger partial charge in [-0.1, -0.05) is 48.5 Å². The molecule has 2 aromatic carbocycles. The van der Waals surface area contributed by atoms with Crippen LogP contribution in [0.2, 0.25) is 0 Å². The van der Waals surface area contributed by atoms with Crippen LogP contribution in [0.3, 0.4) is 0 Å². The van der Waals surface area contributed by atoms with E-state index in [1.807, 2.05) is 36.4 Å². The third kappa shape index (κ3) is 4.81. The van der Waals surface area contributed by atoms with Crippen LogP contribution >= 0.6 is 12.2 Å². The van der Waals surface area contributed by atoms with Crippen LogP contribution < -0.4 is 10.1 Å². The number of benzene rings is 2. The fourth-order valence-electron chi connectivity index (χ4n) is 4.66. The number of methoxy groups -OCH3 is 1. The Hall–Kier alpha value is -3.23. The molecule has 1 saturated heterocycles. The van der Waals surface area contributed by atoms with Crippen molar-refractivity contribution in [3.63, 3.8) is 0 Å². The summed E-state index contributed by atoms with van der Waals surface area (Å²) in [4.78, 5) is 6.91. The first-order valence-electron chi connectivity index (χ1n) is 12.0. The van der Waals surface area contributed by atoms with Crippen LogP contribution in [0.25, 0.3) is 17.0 Å². The standard InChI is InChI=1S/C27H30N4O3S/c1-4-18-7-9-20(10-8-18)25-29-26(34-30-25)23-17(2)31(16-22-6-5-15-33-22)27(35)28-24(23)19-11-13-21(32-3)14-12-19/h7-14,22,24H,4-6,15-16H2,1-3H3,(H,28,35). The first kappa shape index (κ1) is 23.5. The maximum absolute atomic E-state index is 5.89. The first-order chi connectivity index (χ1) is 17.1. The van der Waals surface area contributed by atoms with Gasteiger partial charge in [0.25, 0.3) is 5.89 Å². The van der Waals surface area contributed by atoms with E-state index in [-0.39, 0.29) is 12.1 Å². The molecule has 2 aliphatic heterocycles. The number of allylic oxidation sites excluding steroid dienone is 1. The maximum Gasteiger partial charge on any atom is 0.258 e. The number of aryl methyl sites for hydroxylation is 1. The van der Waals surface area contributed by atoms with Gasteiger partial charge in [0.15, 0.2) is 5.11 Å². The normalized spacial score (nSPS) is 20.3. The lowest BCUT2D eigenvalue weighted by Crippen LogP contribution is -2.48. The van der Waals surface area contributed by atoms with Crippen LogP contribution in [-0.4, -0.2) is 46.5 Å². The topological polar surface area (TPSA) is 72.7 Å². The minimum Gasteiger partial charge on any atom is -0.497 e. The predicted octanol–water partition coefficient (Wildman–Crippen LogP) is 5.15. The zero-order valence-electron chi connectivity index (χ0n) is 20.3. The van der Waals surface area contributed by atoms with Gasteiger partial charge in [-0.15, -0.1) is 0 Å². The van der Waals surface area contributed by atoms with Crippen molar-refractivity contribution in [2.75, 3.05) is 20.3 Å². The van der Waals surface area contributed by atoms with Gasteiger partial charge in [0, 0.05) is 17.9 Å². The summed E-state index contributed by atoms with van der Waals surface area (Å²) in [6, 6.07) is 16.0. The first-order valence-corrected chi connectivity index (χ1v) is 12.5. The Bertz CT molecular complexity index is 1210. The summed E-state index contributed by atoms with van der Waals surface area (Å²) in [5.41, 5.74) is 5.12. The van der Waals surface area contributed by atoms with E-state index in [4.69, 9.17) is 31.2 Å². The molecule has 7 nitrogen and oxygen atoms in total. The number of hydrogen-bond donors (Lipinski definition) is 1. The molecule has 5 rings (SSSR count). The van der Waals surface area contributed by atoms with E-state index in [2.05, 4.69) is 41.4 Å². The van der Waals surface area contributed by atoms with Crippen LogP contribution in [0.15, 0.2) is 58.8 Å². The summed E-state index contributed by atoms with van der Waals surface area (Å²) < 4.78 is 17.1. The fourth-order valence-corrected chi connectivity index (χ4v) is 4.99. The second-order valence-electron chi connectivity index (χ2n) is 8.87. The molecule has 2 unspecified atom stereocenters. The van der Waals surface area contributed by atoms with Gasteiger partial charge in [-0.2, -0.15) is 4.98 Å². The van der Waals surface area contributed by atoms with Crippen molar-refractivity contribution < 1.29 is 14.0 Å². The van der Waals surface area contributed by atoms with Gasteiger partial charge in [-0.05, 0) is 61.7 Å². The number of ether oxygens (including phenoxy) is 2. The van der Waals surface area contributed by atoms with Gasteiger partial charge in [0.05, 0.1) is 31.4 Å². The summed E-state index contributed by atoms with van der Waals surface area (Å²) in [5, 5.41) is 8.49. The molecule has 1 aromatic heterocycles. The monoisotopic (exact) mass is 490 g/mol. The Labute approximate surface area is 211 Å². The number of hydrogen-bond acceptors (Lipinski definition) is 6. The second-order valence-corrected chi connectivity index (χ2v) is 9.26. The number of nitrogens with zero attached hydrogens (tertiary/aromatic N) is 3. The fraction of sp³-hybridized carbons (Fsp3) is 0.370. The Morgan fingerprint density at radius 2 is 1.91 bits per heavy atom. The molecule has 3 heterocycles. The third-order valence-electron chi connectivity index (χ3n) is 6.73. The van der Waals surface area contributed by atoms with Gasteiger partial charge in [0.1, 0.15) is 5.75 Å². The molecule has 0 saturated carbocycles. The van der Waals surface area contributed by atoms with Gasteiger partial charge in [-0.3, -0.25) is 0 Å². The van der Waals surface area contributed by atoms with Crippen molar-refractivity contribution >= 4 is 22.9 Å². The molecule has 1 N–H and O–H groups in total. The summed E-state index contributed by atoms with van der Waals surface area (Å²) >= 11 is 5.81. The highest BCUT2D eigenvalue weighted by Gasteiger charge is 2.35. The largest absolute Gasteiger partial charge is 0.497 e. The molecule has 182 valence electrons. The van der Waals surface area contributed by atoms with Crippen molar-refractivity contribution in [2.45, 2.75) is 45.3 Å². The summed E-state index contributed by atoms with van der Waals surface area (Å²) in [6.45, 7) is 5.69. The predicted molar refractivity (Wildman–Crippen MR) is 139 cm³/mol. The lowest BCUT2D eigenvalue weighted by atomic mass is 9.94. The molecule has 3 aromatic rings. The van der Waals surface area contributed by atoms with Gasteiger partial charge in [0.2, 0.25) is 5.82 Å². The molecule has 0 amide bonds. The average molecular weight is 491 g/mol. The maximum atomic E-state index is 5.89. The van der Waals surface area contributed by atoms with E-state index in [0.717, 1.165) is 54.0 Å². The molecule has 0 radical (unpaired) electrons. The smallest absolute Gasteiger partial charge is 0.258 e. The quantitative estimate of drug-likeness (QED) is 0.456. The third-order valence-corrected chi connectivity index (χ3v) is 7.07. The highest BCUT2D eigenvalue weighted by molar-refractivity contribution is 7.80. The lowest BCUT2D eigenvalue weighted by molar-refractivity contribution is 0.0962. The SMILES string of the molecule is CCc1ccc(-c2noc(C3=C(C)N(CC4CCCO4)C(=S)NC3c3ccc(OC)cc3)n2)cc1. The molecule has 8 heteroatoms. The lowest BCUT2D eigenvalue weighted by Gasteiger charge is -2.38. The number of rotatable bonds is 7. The summed E-state index contributed by atoms with van der Waals surface area (Å²) in [7, 11) is 1.66.